The Hall–Kier alpha value is -1.01. The molecule has 0 spiro atoms. The number of carbonyl (C=O) groups excluding carboxylic acids is 1. The van der Waals surface area contributed by atoms with Gasteiger partial charge in [0.15, 0.2) is 0 Å². The standard InChI is InChI=1S/C8H10N2OS2.CH3N/c9-7(11)4-6-12-13-8-3-1-2-5-10-8;1-2/h1-3,5H,4,6H2,(H2,9,11);2H,1H2. The molecular formula is C9H13N3OS2. The summed E-state index contributed by atoms with van der Waals surface area (Å²) in [7, 11) is 3.15. The molecule has 0 saturated carbocycles. The van der Waals surface area contributed by atoms with E-state index in [0.29, 0.717) is 6.42 Å². The average molecular weight is 243 g/mol. The molecule has 6 heteroatoms. The fourth-order valence-corrected chi connectivity index (χ4v) is 2.53. The Morgan fingerprint density at radius 1 is 1.53 bits per heavy atom. The van der Waals surface area contributed by atoms with Crippen molar-refractivity contribution in [1.29, 1.82) is 5.41 Å². The van der Waals surface area contributed by atoms with Crippen LogP contribution < -0.4 is 5.73 Å². The van der Waals surface area contributed by atoms with Crippen molar-refractivity contribution in [3.05, 3.63) is 24.4 Å². The maximum Gasteiger partial charge on any atom is 0.218 e. The van der Waals surface area contributed by atoms with Crippen LogP contribution in [0.2, 0.25) is 0 Å². The number of nitrogens with zero attached hydrogens (tertiary/aromatic N) is 1. The average Bonchev–Trinajstić information content (AvgIpc) is 2.28. The summed E-state index contributed by atoms with van der Waals surface area (Å²) >= 11 is 0. The lowest BCUT2D eigenvalue weighted by Gasteiger charge is -1.97. The molecule has 1 rings (SSSR count). The van der Waals surface area contributed by atoms with Crippen molar-refractivity contribution in [2.75, 3.05) is 5.75 Å². The zero-order valence-corrected chi connectivity index (χ0v) is 9.81. The second kappa shape index (κ2) is 9.54. The SMILES string of the molecule is C=N.NC(=O)CCSSc1ccccn1. The number of hydrogen-bond acceptors (Lipinski definition) is 5. The number of carbonyl (C=O) groups is 1. The van der Waals surface area contributed by atoms with Gasteiger partial charge in [0.1, 0.15) is 5.03 Å². The van der Waals surface area contributed by atoms with E-state index in [4.69, 9.17) is 11.1 Å². The van der Waals surface area contributed by atoms with Crippen molar-refractivity contribution in [3.63, 3.8) is 0 Å². The zero-order chi connectivity index (χ0) is 11.5. The third-order valence-electron chi connectivity index (χ3n) is 1.21. The molecule has 0 fully saturated rings. The van der Waals surface area contributed by atoms with Crippen LogP contribution in [0.1, 0.15) is 6.42 Å². The first kappa shape index (κ1) is 14.0. The summed E-state index contributed by atoms with van der Waals surface area (Å²) in [6, 6.07) is 5.74. The summed E-state index contributed by atoms with van der Waals surface area (Å²) in [5, 5.41) is 6.46. The number of aromatic nitrogens is 1. The van der Waals surface area contributed by atoms with Gasteiger partial charge in [-0.2, -0.15) is 0 Å². The molecule has 0 aliphatic carbocycles. The first-order chi connectivity index (χ1) is 7.29. The predicted molar refractivity (Wildman–Crippen MR) is 66.2 cm³/mol. The van der Waals surface area contributed by atoms with E-state index in [1.807, 2.05) is 18.2 Å². The minimum atomic E-state index is -0.255. The highest BCUT2D eigenvalue weighted by Crippen LogP contribution is 2.28. The largest absolute Gasteiger partial charge is 0.370 e. The Bertz CT molecular complexity index is 282. The lowest BCUT2D eigenvalue weighted by Crippen LogP contribution is -2.10. The first-order valence-electron chi connectivity index (χ1n) is 4.13. The summed E-state index contributed by atoms with van der Waals surface area (Å²) in [4.78, 5) is 14.5. The van der Waals surface area contributed by atoms with Crippen molar-refractivity contribution in [1.82, 2.24) is 4.98 Å². The Morgan fingerprint density at radius 3 is 2.80 bits per heavy atom. The van der Waals surface area contributed by atoms with Crippen LogP contribution in [0, 0.1) is 5.41 Å². The van der Waals surface area contributed by atoms with Gasteiger partial charge in [0, 0.05) is 18.4 Å². The second-order valence-electron chi connectivity index (χ2n) is 2.29. The quantitative estimate of drug-likeness (QED) is 0.470. The van der Waals surface area contributed by atoms with Gasteiger partial charge in [-0.25, -0.2) is 4.98 Å². The van der Waals surface area contributed by atoms with E-state index >= 15 is 0 Å². The highest BCUT2D eigenvalue weighted by Gasteiger charge is 1.97. The van der Waals surface area contributed by atoms with Crippen LogP contribution in [-0.2, 0) is 4.79 Å². The number of nitrogens with one attached hydrogen (secondary N) is 1. The molecule has 0 aromatic carbocycles. The molecule has 0 aliphatic heterocycles. The van der Waals surface area contributed by atoms with Crippen molar-refractivity contribution >= 4 is 34.2 Å². The van der Waals surface area contributed by atoms with E-state index in [2.05, 4.69) is 11.7 Å². The topological polar surface area (TPSA) is 79.8 Å². The summed E-state index contributed by atoms with van der Waals surface area (Å²) in [6.07, 6.45) is 2.17. The van der Waals surface area contributed by atoms with Gasteiger partial charge < -0.3 is 11.1 Å². The Labute approximate surface area is 96.9 Å². The molecule has 0 atom stereocenters. The van der Waals surface area contributed by atoms with Crippen molar-refractivity contribution in [2.24, 2.45) is 5.73 Å². The highest BCUT2D eigenvalue weighted by molar-refractivity contribution is 8.76. The van der Waals surface area contributed by atoms with Crippen molar-refractivity contribution in [3.8, 4) is 0 Å². The van der Waals surface area contributed by atoms with Crippen molar-refractivity contribution in [2.45, 2.75) is 11.4 Å². The van der Waals surface area contributed by atoms with Crippen LogP contribution in [0.25, 0.3) is 0 Å². The van der Waals surface area contributed by atoms with Gasteiger partial charge in [0.05, 0.1) is 0 Å². The summed E-state index contributed by atoms with van der Waals surface area (Å²) in [6.45, 7) is 2.50. The molecule has 0 unspecified atom stereocenters. The van der Waals surface area contributed by atoms with Gasteiger partial charge >= 0.3 is 0 Å². The number of pyridine rings is 1. The Morgan fingerprint density at radius 2 is 2.27 bits per heavy atom. The van der Waals surface area contributed by atoms with Crippen LogP contribution in [0.15, 0.2) is 29.4 Å². The van der Waals surface area contributed by atoms with Gasteiger partial charge in [0.25, 0.3) is 0 Å². The van der Waals surface area contributed by atoms with Crippen LogP contribution in [-0.4, -0.2) is 23.4 Å². The Kier molecular flexibility index (Phi) is 8.90. The first-order valence-corrected chi connectivity index (χ1v) is 6.45. The van der Waals surface area contributed by atoms with Gasteiger partial charge in [-0.05, 0) is 29.6 Å². The van der Waals surface area contributed by atoms with E-state index < -0.39 is 0 Å². The number of primary amides is 1. The van der Waals surface area contributed by atoms with Crippen LogP contribution >= 0.6 is 21.6 Å². The fraction of sp³-hybridized carbons (Fsp3) is 0.222. The maximum atomic E-state index is 10.4. The lowest BCUT2D eigenvalue weighted by atomic mass is 10.5. The third-order valence-corrected chi connectivity index (χ3v) is 3.48. The number of rotatable bonds is 5. The van der Waals surface area contributed by atoms with E-state index in [1.54, 1.807) is 27.8 Å². The summed E-state index contributed by atoms with van der Waals surface area (Å²) in [5.74, 6) is 0.477. The van der Waals surface area contributed by atoms with Gasteiger partial charge in [0.2, 0.25) is 5.91 Å². The summed E-state index contributed by atoms with van der Waals surface area (Å²) < 4.78 is 0. The molecule has 0 aliphatic rings. The number of nitrogens with two attached hydrogens (primary N) is 1. The van der Waals surface area contributed by atoms with Crippen LogP contribution in [0.5, 0.6) is 0 Å². The molecule has 3 N–H and O–H groups in total. The molecule has 4 nitrogen and oxygen atoms in total. The smallest absolute Gasteiger partial charge is 0.218 e. The highest BCUT2D eigenvalue weighted by atomic mass is 33.1. The molecule has 82 valence electrons. The second-order valence-corrected chi connectivity index (χ2v) is 4.73. The molecule has 15 heavy (non-hydrogen) atoms. The number of amides is 1. The molecule has 1 amide bonds. The molecule has 1 aromatic heterocycles. The van der Waals surface area contributed by atoms with Gasteiger partial charge in [-0.1, -0.05) is 16.9 Å². The van der Waals surface area contributed by atoms with Gasteiger partial charge in [-0.15, -0.1) is 0 Å². The van der Waals surface area contributed by atoms with Crippen molar-refractivity contribution < 1.29 is 4.79 Å². The Balaban J connectivity index is 0.000000921. The normalized spacial score (nSPS) is 8.80. The molecule has 1 heterocycles. The minimum absolute atomic E-state index is 0.255. The van der Waals surface area contributed by atoms with E-state index in [-0.39, 0.29) is 5.91 Å². The fourth-order valence-electron chi connectivity index (χ4n) is 0.641. The van der Waals surface area contributed by atoms with E-state index in [1.165, 1.54) is 0 Å². The summed E-state index contributed by atoms with van der Waals surface area (Å²) in [5.41, 5.74) is 4.99. The molecule has 0 bridgehead atoms. The molecule has 0 saturated heterocycles. The molecule has 1 aromatic rings. The zero-order valence-electron chi connectivity index (χ0n) is 8.18. The molecular weight excluding hydrogens is 230 g/mol. The predicted octanol–water partition coefficient (Wildman–Crippen LogP) is 1.96. The van der Waals surface area contributed by atoms with E-state index in [0.717, 1.165) is 10.8 Å². The molecule has 0 radical (unpaired) electrons. The monoisotopic (exact) mass is 243 g/mol. The van der Waals surface area contributed by atoms with Crippen LogP contribution in [0.4, 0.5) is 0 Å². The minimum Gasteiger partial charge on any atom is -0.370 e. The van der Waals surface area contributed by atoms with E-state index in [9.17, 15) is 4.79 Å². The number of hydrogen-bond donors (Lipinski definition) is 2. The van der Waals surface area contributed by atoms with Gasteiger partial charge in [-0.3, -0.25) is 4.79 Å². The maximum absolute atomic E-state index is 10.4. The van der Waals surface area contributed by atoms with Crippen LogP contribution in [0.3, 0.4) is 0 Å². The lowest BCUT2D eigenvalue weighted by molar-refractivity contribution is -0.117. The third kappa shape index (κ3) is 8.02.